The molecule has 0 radical (unpaired) electrons. The normalized spacial score (nSPS) is 22.8. The standard InChI is InChI=1S/C12H21NO4/c1-12(2)8-13(6-9(12)7-17-3)10(14)4-5-11(15)16/h9H,4-8H2,1-3H3,(H,15,16). The molecule has 1 fully saturated rings. The Labute approximate surface area is 102 Å². The number of aliphatic carboxylic acids is 1. The summed E-state index contributed by atoms with van der Waals surface area (Å²) in [6.45, 7) is 6.21. The van der Waals surface area contributed by atoms with Gasteiger partial charge in [0.2, 0.25) is 5.91 Å². The molecule has 1 unspecified atom stereocenters. The van der Waals surface area contributed by atoms with Crippen LogP contribution >= 0.6 is 0 Å². The molecule has 0 saturated carbocycles. The van der Waals surface area contributed by atoms with E-state index in [0.29, 0.717) is 25.6 Å². The van der Waals surface area contributed by atoms with E-state index in [4.69, 9.17) is 9.84 Å². The van der Waals surface area contributed by atoms with Gasteiger partial charge in [-0.2, -0.15) is 0 Å². The molecule has 0 aromatic heterocycles. The third-order valence-electron chi connectivity index (χ3n) is 3.42. The molecule has 17 heavy (non-hydrogen) atoms. The van der Waals surface area contributed by atoms with Gasteiger partial charge in [-0.3, -0.25) is 9.59 Å². The molecule has 1 heterocycles. The molecule has 0 aromatic rings. The highest BCUT2D eigenvalue weighted by Gasteiger charge is 2.40. The summed E-state index contributed by atoms with van der Waals surface area (Å²) in [6, 6.07) is 0. The van der Waals surface area contributed by atoms with Gasteiger partial charge in [0.15, 0.2) is 0 Å². The summed E-state index contributed by atoms with van der Waals surface area (Å²) in [7, 11) is 1.66. The Morgan fingerprint density at radius 1 is 1.41 bits per heavy atom. The molecular weight excluding hydrogens is 222 g/mol. The van der Waals surface area contributed by atoms with E-state index in [0.717, 1.165) is 0 Å². The van der Waals surface area contributed by atoms with Crippen LogP contribution in [-0.2, 0) is 14.3 Å². The molecule has 5 heteroatoms. The summed E-state index contributed by atoms with van der Waals surface area (Å²) < 4.78 is 5.16. The largest absolute Gasteiger partial charge is 0.481 e. The number of amides is 1. The smallest absolute Gasteiger partial charge is 0.303 e. The maximum Gasteiger partial charge on any atom is 0.303 e. The molecule has 0 aromatic carbocycles. The summed E-state index contributed by atoms with van der Waals surface area (Å²) in [4.78, 5) is 24.0. The lowest BCUT2D eigenvalue weighted by atomic mass is 9.83. The molecule has 1 aliphatic rings. The zero-order valence-electron chi connectivity index (χ0n) is 10.7. The van der Waals surface area contributed by atoms with Crippen LogP contribution in [0.4, 0.5) is 0 Å². The molecule has 0 aliphatic carbocycles. The van der Waals surface area contributed by atoms with Crippen molar-refractivity contribution in [3.05, 3.63) is 0 Å². The predicted octanol–water partition coefficient (Wildman–Crippen LogP) is 0.982. The van der Waals surface area contributed by atoms with Crippen LogP contribution in [0, 0.1) is 11.3 Å². The fraction of sp³-hybridized carbons (Fsp3) is 0.833. The molecule has 98 valence electrons. The summed E-state index contributed by atoms with van der Waals surface area (Å²) in [6.07, 6.45) is -0.00415. The van der Waals surface area contributed by atoms with Crippen LogP contribution in [0.1, 0.15) is 26.7 Å². The lowest BCUT2D eigenvalue weighted by Crippen LogP contribution is -2.30. The van der Waals surface area contributed by atoms with Crippen LogP contribution in [0.3, 0.4) is 0 Å². The monoisotopic (exact) mass is 243 g/mol. The summed E-state index contributed by atoms with van der Waals surface area (Å²) in [5, 5.41) is 8.55. The second-order valence-corrected chi connectivity index (χ2v) is 5.31. The first-order valence-corrected chi connectivity index (χ1v) is 5.85. The number of carbonyl (C=O) groups excluding carboxylic acids is 1. The zero-order valence-corrected chi connectivity index (χ0v) is 10.7. The fourth-order valence-electron chi connectivity index (χ4n) is 2.24. The minimum absolute atomic E-state index is 0.0366. The molecule has 5 nitrogen and oxygen atoms in total. The summed E-state index contributed by atoms with van der Waals surface area (Å²) in [5.74, 6) is -0.675. The molecule has 1 aliphatic heterocycles. The van der Waals surface area contributed by atoms with Gasteiger partial charge in [0.1, 0.15) is 0 Å². The number of nitrogens with zero attached hydrogens (tertiary/aromatic N) is 1. The second-order valence-electron chi connectivity index (χ2n) is 5.31. The number of hydrogen-bond donors (Lipinski definition) is 1. The Bertz CT molecular complexity index is 301. The van der Waals surface area contributed by atoms with Gasteiger partial charge in [-0.05, 0) is 5.41 Å². The number of rotatable bonds is 5. The van der Waals surface area contributed by atoms with E-state index in [9.17, 15) is 9.59 Å². The first-order valence-electron chi connectivity index (χ1n) is 5.85. The quantitative estimate of drug-likeness (QED) is 0.781. The van der Waals surface area contributed by atoms with E-state index < -0.39 is 5.97 Å². The van der Waals surface area contributed by atoms with Crippen LogP contribution < -0.4 is 0 Å². The number of carboxylic acid groups (broad SMARTS) is 1. The van der Waals surface area contributed by atoms with Crippen LogP contribution in [0.15, 0.2) is 0 Å². The molecule has 1 saturated heterocycles. The van der Waals surface area contributed by atoms with E-state index in [-0.39, 0.29) is 24.2 Å². The van der Waals surface area contributed by atoms with Crippen molar-refractivity contribution in [1.82, 2.24) is 4.90 Å². The SMILES string of the molecule is COCC1CN(C(=O)CCC(=O)O)CC1(C)C. The van der Waals surface area contributed by atoms with Crippen LogP contribution in [0.2, 0.25) is 0 Å². The van der Waals surface area contributed by atoms with Gasteiger partial charge in [0.25, 0.3) is 0 Å². The van der Waals surface area contributed by atoms with E-state index in [2.05, 4.69) is 13.8 Å². The van der Waals surface area contributed by atoms with Crippen LogP contribution in [0.5, 0.6) is 0 Å². The molecule has 0 spiro atoms. The maximum atomic E-state index is 11.8. The highest BCUT2D eigenvalue weighted by atomic mass is 16.5. The van der Waals surface area contributed by atoms with Crippen molar-refractivity contribution in [2.75, 3.05) is 26.8 Å². The van der Waals surface area contributed by atoms with Gasteiger partial charge in [-0.15, -0.1) is 0 Å². The number of carboxylic acids is 1. The van der Waals surface area contributed by atoms with Crippen LogP contribution in [-0.4, -0.2) is 48.7 Å². The average Bonchev–Trinajstić information content (AvgIpc) is 2.52. The van der Waals surface area contributed by atoms with Crippen molar-refractivity contribution in [2.45, 2.75) is 26.7 Å². The Hall–Kier alpha value is -1.10. The van der Waals surface area contributed by atoms with Crippen molar-refractivity contribution in [3.63, 3.8) is 0 Å². The first kappa shape index (κ1) is 14.0. The highest BCUT2D eigenvalue weighted by molar-refractivity contribution is 5.81. The van der Waals surface area contributed by atoms with Crippen LogP contribution in [0.25, 0.3) is 0 Å². The molecule has 1 N–H and O–H groups in total. The minimum atomic E-state index is -0.926. The van der Waals surface area contributed by atoms with Gasteiger partial charge >= 0.3 is 5.97 Å². The van der Waals surface area contributed by atoms with Crippen molar-refractivity contribution < 1.29 is 19.4 Å². The van der Waals surface area contributed by atoms with E-state index in [1.807, 2.05) is 0 Å². The Balaban J connectivity index is 2.52. The number of hydrogen-bond acceptors (Lipinski definition) is 3. The molecule has 1 amide bonds. The molecular formula is C12H21NO4. The number of carbonyl (C=O) groups is 2. The lowest BCUT2D eigenvalue weighted by molar-refractivity contribution is -0.140. The zero-order chi connectivity index (χ0) is 13.1. The topological polar surface area (TPSA) is 66.8 Å². The lowest BCUT2D eigenvalue weighted by Gasteiger charge is -2.24. The minimum Gasteiger partial charge on any atom is -0.481 e. The van der Waals surface area contributed by atoms with E-state index in [1.165, 1.54) is 0 Å². The maximum absolute atomic E-state index is 11.8. The van der Waals surface area contributed by atoms with Gasteiger partial charge in [0, 0.05) is 32.5 Å². The number of ether oxygens (including phenoxy) is 1. The van der Waals surface area contributed by atoms with Gasteiger partial charge in [-0.1, -0.05) is 13.8 Å². The van der Waals surface area contributed by atoms with Gasteiger partial charge in [0.05, 0.1) is 13.0 Å². The fourth-order valence-corrected chi connectivity index (χ4v) is 2.24. The summed E-state index contributed by atoms with van der Waals surface area (Å²) >= 11 is 0. The molecule has 1 rings (SSSR count). The van der Waals surface area contributed by atoms with E-state index in [1.54, 1.807) is 12.0 Å². The van der Waals surface area contributed by atoms with Crippen molar-refractivity contribution in [3.8, 4) is 0 Å². The van der Waals surface area contributed by atoms with E-state index >= 15 is 0 Å². The first-order chi connectivity index (χ1) is 7.86. The van der Waals surface area contributed by atoms with Gasteiger partial charge in [-0.25, -0.2) is 0 Å². The molecule has 0 bridgehead atoms. The third-order valence-corrected chi connectivity index (χ3v) is 3.42. The summed E-state index contributed by atoms with van der Waals surface area (Å²) in [5.41, 5.74) is 0.0366. The van der Waals surface area contributed by atoms with Gasteiger partial charge < -0.3 is 14.7 Å². The Morgan fingerprint density at radius 2 is 2.06 bits per heavy atom. The average molecular weight is 243 g/mol. The number of likely N-dealkylation sites (tertiary alicyclic amines) is 1. The van der Waals surface area contributed by atoms with Crippen molar-refractivity contribution in [1.29, 1.82) is 0 Å². The molecule has 1 atom stereocenters. The Morgan fingerprint density at radius 3 is 2.59 bits per heavy atom. The van der Waals surface area contributed by atoms with Crippen molar-refractivity contribution >= 4 is 11.9 Å². The third kappa shape index (κ3) is 3.70. The Kier molecular flexibility index (Phi) is 4.51. The second kappa shape index (κ2) is 5.49. The predicted molar refractivity (Wildman–Crippen MR) is 62.6 cm³/mol. The number of methoxy groups -OCH3 is 1. The highest BCUT2D eigenvalue weighted by Crippen LogP contribution is 2.35. The van der Waals surface area contributed by atoms with Crippen molar-refractivity contribution in [2.24, 2.45) is 11.3 Å².